The third-order valence-corrected chi connectivity index (χ3v) is 4.96. The molecule has 1 aromatic carbocycles. The Kier molecular flexibility index (Phi) is 5.64. The van der Waals surface area contributed by atoms with Crippen molar-refractivity contribution in [2.75, 3.05) is 44.8 Å². The highest BCUT2D eigenvalue weighted by Crippen LogP contribution is 2.26. The first-order valence-corrected chi connectivity index (χ1v) is 8.99. The predicted molar refractivity (Wildman–Crippen MR) is 101 cm³/mol. The quantitative estimate of drug-likeness (QED) is 0.822. The Morgan fingerprint density at radius 1 is 1.21 bits per heavy atom. The first-order chi connectivity index (χ1) is 13.4. The van der Waals surface area contributed by atoms with E-state index in [1.54, 1.807) is 15.5 Å². The maximum absolute atomic E-state index is 14.8. The number of benzene rings is 1. The van der Waals surface area contributed by atoms with Gasteiger partial charge in [-0.2, -0.15) is 0 Å². The molecule has 0 unspecified atom stereocenters. The van der Waals surface area contributed by atoms with E-state index in [2.05, 4.69) is 0 Å². The number of aryl methyl sites for hydroxylation is 1. The second kappa shape index (κ2) is 7.97. The number of rotatable bonds is 5. The largest absolute Gasteiger partial charge is 0.477 e. The van der Waals surface area contributed by atoms with Crippen LogP contribution < -0.4 is 10.3 Å². The Balaban J connectivity index is 1.97. The molecule has 0 radical (unpaired) electrons. The normalized spacial score (nSPS) is 14.5. The van der Waals surface area contributed by atoms with Crippen LogP contribution in [-0.4, -0.2) is 66.3 Å². The van der Waals surface area contributed by atoms with Crippen LogP contribution in [0.1, 0.15) is 17.3 Å². The van der Waals surface area contributed by atoms with Crippen molar-refractivity contribution in [3.05, 3.63) is 39.9 Å². The molecule has 0 bridgehead atoms. The van der Waals surface area contributed by atoms with E-state index in [-0.39, 0.29) is 23.5 Å². The summed E-state index contributed by atoms with van der Waals surface area (Å²) in [6.45, 7) is 4.04. The van der Waals surface area contributed by atoms with E-state index in [0.717, 1.165) is 6.07 Å². The van der Waals surface area contributed by atoms with Gasteiger partial charge in [0.2, 0.25) is 11.3 Å². The predicted octanol–water partition coefficient (Wildman–Crippen LogP) is 1.15. The highest BCUT2D eigenvalue weighted by atomic mass is 19.1. The smallest absolute Gasteiger partial charge is 0.341 e. The van der Waals surface area contributed by atoms with Crippen molar-refractivity contribution in [2.45, 2.75) is 13.5 Å². The van der Waals surface area contributed by atoms with Crippen LogP contribution >= 0.6 is 0 Å². The third-order valence-electron chi connectivity index (χ3n) is 4.96. The van der Waals surface area contributed by atoms with Crippen molar-refractivity contribution in [1.82, 2.24) is 9.47 Å². The number of nitrogens with zero attached hydrogens (tertiary/aromatic N) is 3. The fourth-order valence-electron chi connectivity index (χ4n) is 3.47. The second-order valence-corrected chi connectivity index (χ2v) is 6.58. The molecule has 2 heterocycles. The average molecular weight is 391 g/mol. The van der Waals surface area contributed by atoms with Gasteiger partial charge in [-0.15, -0.1) is 0 Å². The van der Waals surface area contributed by atoms with Gasteiger partial charge in [0.1, 0.15) is 18.0 Å². The van der Waals surface area contributed by atoms with Gasteiger partial charge in [0.15, 0.2) is 0 Å². The van der Waals surface area contributed by atoms with Gasteiger partial charge in [-0.05, 0) is 19.1 Å². The summed E-state index contributed by atoms with van der Waals surface area (Å²) in [6, 6.07) is 2.68. The topological polar surface area (TPSA) is 92.1 Å². The zero-order valence-corrected chi connectivity index (χ0v) is 15.8. The lowest BCUT2D eigenvalue weighted by molar-refractivity contribution is -0.135. The molecular formula is C19H22FN3O5. The van der Waals surface area contributed by atoms with Gasteiger partial charge in [-0.25, -0.2) is 9.18 Å². The van der Waals surface area contributed by atoms with Crippen molar-refractivity contribution in [2.24, 2.45) is 0 Å². The lowest BCUT2D eigenvalue weighted by atomic mass is 10.1. The second-order valence-electron chi connectivity index (χ2n) is 6.58. The zero-order chi connectivity index (χ0) is 20.4. The molecule has 1 aliphatic rings. The van der Waals surface area contributed by atoms with Crippen LogP contribution in [-0.2, 0) is 16.1 Å². The van der Waals surface area contributed by atoms with Gasteiger partial charge in [0.05, 0.1) is 11.2 Å². The molecule has 0 spiro atoms. The molecule has 1 aliphatic heterocycles. The minimum Gasteiger partial charge on any atom is -0.477 e. The first-order valence-electron chi connectivity index (χ1n) is 8.99. The van der Waals surface area contributed by atoms with Gasteiger partial charge < -0.3 is 24.2 Å². The van der Waals surface area contributed by atoms with Crippen molar-refractivity contribution >= 4 is 28.5 Å². The third kappa shape index (κ3) is 3.57. The molecule has 2 aromatic rings. The molecule has 28 heavy (non-hydrogen) atoms. The van der Waals surface area contributed by atoms with E-state index >= 15 is 0 Å². The summed E-state index contributed by atoms with van der Waals surface area (Å²) in [7, 11) is 1.46. The van der Waals surface area contributed by atoms with E-state index in [9.17, 15) is 23.9 Å². The Hall–Kier alpha value is -2.94. The number of carboxylic acid groups (broad SMARTS) is 1. The van der Waals surface area contributed by atoms with Crippen molar-refractivity contribution in [1.29, 1.82) is 0 Å². The van der Waals surface area contributed by atoms with Gasteiger partial charge in [-0.1, -0.05) is 0 Å². The maximum atomic E-state index is 14.8. The van der Waals surface area contributed by atoms with E-state index in [1.807, 2.05) is 11.8 Å². The molecule has 150 valence electrons. The highest BCUT2D eigenvalue weighted by molar-refractivity contribution is 5.93. The molecule has 1 aromatic heterocycles. The number of anilines is 1. The number of carbonyl (C=O) groups excluding carboxylic acids is 1. The van der Waals surface area contributed by atoms with Crippen molar-refractivity contribution in [3.63, 3.8) is 0 Å². The molecule has 9 heteroatoms. The number of aromatic nitrogens is 1. The molecule has 1 N–H and O–H groups in total. The number of aromatic carboxylic acids is 1. The number of piperazine rings is 1. The van der Waals surface area contributed by atoms with Crippen LogP contribution in [0.5, 0.6) is 0 Å². The van der Waals surface area contributed by atoms with E-state index < -0.39 is 17.2 Å². The Bertz CT molecular complexity index is 980. The number of carbonyl (C=O) groups is 2. The maximum Gasteiger partial charge on any atom is 0.341 e. The molecule has 0 atom stereocenters. The average Bonchev–Trinajstić information content (AvgIpc) is 2.68. The summed E-state index contributed by atoms with van der Waals surface area (Å²) in [5.74, 6) is -2.04. The lowest BCUT2D eigenvalue weighted by Crippen LogP contribution is -2.50. The zero-order valence-electron chi connectivity index (χ0n) is 15.8. The summed E-state index contributed by atoms with van der Waals surface area (Å²) >= 11 is 0. The van der Waals surface area contributed by atoms with E-state index in [1.165, 1.54) is 13.3 Å². The summed E-state index contributed by atoms with van der Waals surface area (Å²) < 4.78 is 21.3. The summed E-state index contributed by atoms with van der Waals surface area (Å²) in [4.78, 5) is 39.1. The minimum atomic E-state index is -1.34. The number of ether oxygens (including phenoxy) is 1. The number of methoxy groups -OCH3 is 1. The van der Waals surface area contributed by atoms with E-state index in [0.29, 0.717) is 43.9 Å². The van der Waals surface area contributed by atoms with Crippen LogP contribution in [0.25, 0.3) is 10.9 Å². The molecule has 3 rings (SSSR count). The highest BCUT2D eigenvalue weighted by Gasteiger charge is 2.24. The summed E-state index contributed by atoms with van der Waals surface area (Å²) in [6.07, 6.45) is 1.29. The Morgan fingerprint density at radius 3 is 2.46 bits per heavy atom. The molecule has 0 saturated carbocycles. The molecule has 1 fully saturated rings. The Morgan fingerprint density at radius 2 is 1.89 bits per heavy atom. The van der Waals surface area contributed by atoms with Gasteiger partial charge in [-0.3, -0.25) is 9.59 Å². The Labute approximate surface area is 160 Å². The van der Waals surface area contributed by atoms with Gasteiger partial charge in [0.25, 0.3) is 0 Å². The molecule has 8 nitrogen and oxygen atoms in total. The van der Waals surface area contributed by atoms with Crippen molar-refractivity contribution in [3.8, 4) is 0 Å². The van der Waals surface area contributed by atoms with Crippen LogP contribution in [0.2, 0.25) is 0 Å². The molecule has 0 aliphatic carbocycles. The van der Waals surface area contributed by atoms with Crippen molar-refractivity contribution < 1.29 is 23.8 Å². The lowest BCUT2D eigenvalue weighted by Gasteiger charge is -2.36. The molecule has 1 saturated heterocycles. The fraction of sp³-hybridized carbons (Fsp3) is 0.421. The van der Waals surface area contributed by atoms with Gasteiger partial charge in [0, 0.05) is 51.4 Å². The summed E-state index contributed by atoms with van der Waals surface area (Å²) in [5.41, 5.74) is -0.276. The van der Waals surface area contributed by atoms with Crippen LogP contribution in [0.3, 0.4) is 0 Å². The van der Waals surface area contributed by atoms with Gasteiger partial charge >= 0.3 is 5.97 Å². The van der Waals surface area contributed by atoms with E-state index in [4.69, 9.17) is 4.74 Å². The fourth-order valence-corrected chi connectivity index (χ4v) is 3.47. The van der Waals surface area contributed by atoms with Crippen LogP contribution in [0.4, 0.5) is 10.1 Å². The minimum absolute atomic E-state index is 0.0129. The SMILES string of the molecule is CCn1cc(C(=O)O)c(=O)c2cc(F)c(N3CCN(C(=O)COC)CC3)cc21. The van der Waals surface area contributed by atoms with Crippen LogP contribution in [0, 0.1) is 5.82 Å². The molecule has 1 amide bonds. The number of halogens is 1. The standard InChI is InChI=1S/C19H22FN3O5/c1-3-21-10-13(19(26)27)18(25)12-8-14(20)16(9-15(12)21)22-4-6-23(7-5-22)17(24)11-28-2/h8-10H,3-7,11H2,1-2H3,(H,26,27). The monoisotopic (exact) mass is 391 g/mol. The number of carboxylic acids is 1. The van der Waals surface area contributed by atoms with Crippen LogP contribution in [0.15, 0.2) is 23.1 Å². The summed E-state index contributed by atoms with van der Waals surface area (Å²) in [5, 5.41) is 9.26. The first kappa shape index (κ1) is 19.8. The number of amides is 1. The number of pyridine rings is 1. The number of hydrogen-bond donors (Lipinski definition) is 1. The number of hydrogen-bond acceptors (Lipinski definition) is 5. The molecular weight excluding hydrogens is 369 g/mol. The number of fused-ring (bicyclic) bond motifs is 1.